The number of quaternary nitrogens is 1. The molecule has 0 amide bonds. The first-order valence-electron chi connectivity index (χ1n) is 8.85. The van der Waals surface area contributed by atoms with Crippen LogP contribution in [0.25, 0.3) is 0 Å². The first kappa shape index (κ1) is 14.3. The van der Waals surface area contributed by atoms with Crippen LogP contribution in [0.3, 0.4) is 0 Å². The number of likely N-dealkylation sites (N-methyl/N-ethyl adjacent to an activating group) is 1. The van der Waals surface area contributed by atoms with Crippen LogP contribution in [0.5, 0.6) is 5.75 Å². The number of nitrogens with zero attached hydrogens (tertiary/aromatic N) is 1. The Kier molecular flexibility index (Phi) is 3.16. The average Bonchev–Trinajstić information content (AvgIpc) is 2.52. The van der Waals surface area contributed by atoms with Crippen LogP contribution in [0.2, 0.25) is 0 Å². The molecule has 4 atom stereocenters. The molecule has 3 aliphatic rings. The highest BCUT2D eigenvalue weighted by Gasteiger charge is 2.58. The molecule has 0 spiro atoms. The third kappa shape index (κ3) is 1.83. The van der Waals surface area contributed by atoms with E-state index in [1.165, 1.54) is 49.8 Å². The van der Waals surface area contributed by atoms with E-state index in [0.29, 0.717) is 11.5 Å². The Morgan fingerprint density at radius 2 is 2.23 bits per heavy atom. The van der Waals surface area contributed by atoms with Crippen molar-refractivity contribution in [3.05, 3.63) is 42.0 Å². The lowest BCUT2D eigenvalue weighted by Crippen LogP contribution is -2.68. The highest BCUT2D eigenvalue weighted by Crippen LogP contribution is 2.57. The van der Waals surface area contributed by atoms with Gasteiger partial charge in [-0.15, -0.1) is 5.75 Å². The van der Waals surface area contributed by atoms with E-state index in [1.807, 2.05) is 6.07 Å². The predicted octanol–water partition coefficient (Wildman–Crippen LogP) is 3.15. The normalized spacial score (nSPS) is 39.7. The van der Waals surface area contributed by atoms with Crippen LogP contribution in [0.4, 0.5) is 0 Å². The summed E-state index contributed by atoms with van der Waals surface area (Å²) < 4.78 is 1.15. The van der Waals surface area contributed by atoms with Gasteiger partial charge in [0.25, 0.3) is 0 Å². The third-order valence-corrected chi connectivity index (χ3v) is 7.02. The molecule has 1 saturated heterocycles. The van der Waals surface area contributed by atoms with Crippen molar-refractivity contribution in [1.29, 1.82) is 0 Å². The molecule has 2 fully saturated rings. The maximum absolute atomic E-state index is 12.0. The zero-order chi connectivity index (χ0) is 15.4. The summed E-state index contributed by atoms with van der Waals surface area (Å²) in [5, 5.41) is 12.0. The van der Waals surface area contributed by atoms with Gasteiger partial charge in [-0.05, 0) is 30.0 Å². The summed E-state index contributed by atoms with van der Waals surface area (Å²) in [5.41, 5.74) is 3.18. The fourth-order valence-corrected chi connectivity index (χ4v) is 5.97. The molecule has 4 rings (SSSR count). The van der Waals surface area contributed by atoms with Gasteiger partial charge in [-0.3, -0.25) is 0 Å². The number of hydrogen-bond acceptors (Lipinski definition) is 1. The van der Waals surface area contributed by atoms with Gasteiger partial charge in [0.2, 0.25) is 0 Å². The lowest BCUT2D eigenvalue weighted by atomic mass is 9.52. The summed E-state index contributed by atoms with van der Waals surface area (Å²) in [6.07, 6.45) is 9.82. The minimum Gasteiger partial charge on any atom is -0.872 e. The van der Waals surface area contributed by atoms with Crippen LogP contribution >= 0.6 is 0 Å². The lowest BCUT2D eigenvalue weighted by molar-refractivity contribution is -0.940. The maximum atomic E-state index is 12.0. The second-order valence-electron chi connectivity index (χ2n) is 8.02. The molecule has 2 nitrogen and oxygen atoms in total. The van der Waals surface area contributed by atoms with Crippen molar-refractivity contribution < 1.29 is 9.59 Å². The fraction of sp³-hybridized carbons (Fsp3) is 0.600. The van der Waals surface area contributed by atoms with Crippen LogP contribution < -0.4 is 5.11 Å². The summed E-state index contributed by atoms with van der Waals surface area (Å²) in [6, 6.07) is 6.58. The quantitative estimate of drug-likeness (QED) is 0.607. The summed E-state index contributed by atoms with van der Waals surface area (Å²) in [7, 11) is 2.43. The molecule has 1 aromatic carbocycles. The van der Waals surface area contributed by atoms with Gasteiger partial charge in [-0.25, -0.2) is 0 Å². The van der Waals surface area contributed by atoms with Gasteiger partial charge in [-0.1, -0.05) is 37.6 Å². The molecule has 2 heteroatoms. The Morgan fingerprint density at radius 3 is 3.05 bits per heavy atom. The van der Waals surface area contributed by atoms with E-state index in [2.05, 4.69) is 25.8 Å². The minimum atomic E-state index is 0.199. The Morgan fingerprint density at radius 1 is 1.36 bits per heavy atom. The summed E-state index contributed by atoms with van der Waals surface area (Å²) in [5.74, 6) is 0.957. The molecular weight excluding hydrogens is 270 g/mol. The van der Waals surface area contributed by atoms with E-state index in [4.69, 9.17) is 0 Å². The number of benzene rings is 1. The van der Waals surface area contributed by atoms with Crippen LogP contribution in [0, 0.1) is 5.92 Å². The number of likely N-dealkylation sites (tertiary alicyclic amines) is 1. The highest BCUT2D eigenvalue weighted by atomic mass is 16.3. The molecule has 0 aromatic heterocycles. The Bertz CT molecular complexity index is 610. The van der Waals surface area contributed by atoms with E-state index in [1.54, 1.807) is 6.07 Å². The molecule has 1 heterocycles. The first-order chi connectivity index (χ1) is 10.6. The number of fused-ring (bicyclic) bond motifs is 1. The van der Waals surface area contributed by atoms with Crippen LogP contribution in [0.1, 0.15) is 43.2 Å². The molecule has 0 unspecified atom stereocenters. The van der Waals surface area contributed by atoms with Gasteiger partial charge in [0, 0.05) is 24.2 Å². The van der Waals surface area contributed by atoms with Gasteiger partial charge in [0.15, 0.2) is 0 Å². The van der Waals surface area contributed by atoms with Gasteiger partial charge in [0.05, 0.1) is 26.2 Å². The maximum Gasteiger partial charge on any atom is 0.0971 e. The molecule has 1 aliphatic heterocycles. The minimum absolute atomic E-state index is 0.199. The molecule has 2 bridgehead atoms. The number of hydrogen-bond donors (Lipinski definition) is 0. The summed E-state index contributed by atoms with van der Waals surface area (Å²) in [4.78, 5) is 0. The average molecular weight is 297 g/mol. The zero-order valence-corrected chi connectivity index (χ0v) is 13.7. The molecule has 1 saturated carbocycles. The van der Waals surface area contributed by atoms with Gasteiger partial charge < -0.3 is 9.59 Å². The largest absolute Gasteiger partial charge is 0.872 e. The monoisotopic (exact) mass is 297 g/mol. The lowest BCUT2D eigenvalue weighted by Gasteiger charge is -2.61. The van der Waals surface area contributed by atoms with Crippen LogP contribution in [-0.2, 0) is 11.8 Å². The second kappa shape index (κ2) is 4.86. The van der Waals surface area contributed by atoms with Crippen LogP contribution in [-0.4, -0.2) is 30.7 Å². The molecule has 0 N–H and O–H groups in total. The van der Waals surface area contributed by atoms with Crippen LogP contribution in [0.15, 0.2) is 30.9 Å². The molecule has 118 valence electrons. The van der Waals surface area contributed by atoms with Crippen molar-refractivity contribution in [2.24, 2.45) is 5.92 Å². The van der Waals surface area contributed by atoms with Gasteiger partial charge in [-0.2, -0.15) is 0 Å². The van der Waals surface area contributed by atoms with E-state index in [9.17, 15) is 5.11 Å². The smallest absolute Gasteiger partial charge is 0.0971 e. The number of piperidine rings is 1. The van der Waals surface area contributed by atoms with Gasteiger partial charge in [0.1, 0.15) is 0 Å². The van der Waals surface area contributed by atoms with E-state index in [-0.39, 0.29) is 5.75 Å². The van der Waals surface area contributed by atoms with Gasteiger partial charge >= 0.3 is 0 Å². The molecule has 2 aliphatic carbocycles. The van der Waals surface area contributed by atoms with Crippen molar-refractivity contribution in [1.82, 2.24) is 0 Å². The van der Waals surface area contributed by atoms with Crippen molar-refractivity contribution >= 4 is 0 Å². The molecular formula is C20H27NO. The first-order valence-corrected chi connectivity index (χ1v) is 8.85. The van der Waals surface area contributed by atoms with Crippen molar-refractivity contribution in [3.63, 3.8) is 0 Å². The SMILES string of the molecule is C=CC[N@+]1(C)CC[C@]23CCCC[C@@H]2[C@H]1Cc1ccc([O-])cc13. The molecule has 0 radical (unpaired) electrons. The van der Waals surface area contributed by atoms with E-state index < -0.39 is 0 Å². The Balaban J connectivity index is 1.87. The Labute approximate surface area is 134 Å². The zero-order valence-electron chi connectivity index (χ0n) is 13.7. The standard InChI is InChI=1S/C20H27NO/c1-3-11-21(2)12-10-20-9-5-4-6-17(20)19(21)13-15-7-8-16(22)14-18(15)20/h3,7-8,14,17,19H,1,4-6,9-13H2,2H3/t17-,19-,20-,21-/m1/s1. The topological polar surface area (TPSA) is 23.1 Å². The second-order valence-corrected chi connectivity index (χ2v) is 8.02. The Hall–Kier alpha value is -1.28. The third-order valence-electron chi connectivity index (χ3n) is 7.02. The van der Waals surface area contributed by atoms with Crippen molar-refractivity contribution in [2.45, 2.75) is 50.0 Å². The fourth-order valence-electron chi connectivity index (χ4n) is 5.97. The summed E-state index contributed by atoms with van der Waals surface area (Å²) in [6.45, 7) is 6.31. The van der Waals surface area contributed by atoms with Crippen molar-refractivity contribution in [2.75, 3.05) is 20.1 Å². The molecule has 1 aromatic rings. The highest BCUT2D eigenvalue weighted by molar-refractivity contribution is 5.44. The predicted molar refractivity (Wildman–Crippen MR) is 87.7 cm³/mol. The number of rotatable bonds is 2. The van der Waals surface area contributed by atoms with Crippen molar-refractivity contribution in [3.8, 4) is 5.75 Å². The van der Waals surface area contributed by atoms with E-state index >= 15 is 0 Å². The van der Waals surface area contributed by atoms with E-state index in [0.717, 1.165) is 23.4 Å². The summed E-state index contributed by atoms with van der Waals surface area (Å²) >= 11 is 0. The molecule has 22 heavy (non-hydrogen) atoms.